The Kier molecular flexibility index (Phi) is 5.29. The number of rotatable bonds is 5. The van der Waals surface area contributed by atoms with E-state index in [1.54, 1.807) is 11.3 Å². The van der Waals surface area contributed by atoms with E-state index >= 15 is 0 Å². The van der Waals surface area contributed by atoms with Crippen molar-refractivity contribution in [1.29, 1.82) is 0 Å². The fourth-order valence-corrected chi connectivity index (χ4v) is 3.27. The second-order valence-electron chi connectivity index (χ2n) is 6.23. The third-order valence-electron chi connectivity index (χ3n) is 3.90. The molecule has 0 atom stereocenters. The lowest BCUT2D eigenvalue weighted by Gasteiger charge is -2.28. The van der Waals surface area contributed by atoms with Gasteiger partial charge in [0.15, 0.2) is 5.96 Å². The summed E-state index contributed by atoms with van der Waals surface area (Å²) in [6.07, 6.45) is 2.07. The third kappa shape index (κ3) is 3.91. The van der Waals surface area contributed by atoms with Crippen LogP contribution in [0.25, 0.3) is 0 Å². The van der Waals surface area contributed by atoms with Crippen LogP contribution < -0.4 is 5.32 Å². The van der Waals surface area contributed by atoms with Gasteiger partial charge in [-0.25, -0.2) is 0 Å². The van der Waals surface area contributed by atoms with E-state index in [-0.39, 0.29) is 5.41 Å². The van der Waals surface area contributed by atoms with Crippen LogP contribution in [0.4, 0.5) is 0 Å². The summed E-state index contributed by atoms with van der Waals surface area (Å²) >= 11 is 1.81. The molecule has 0 aliphatic heterocycles. The van der Waals surface area contributed by atoms with Gasteiger partial charge in [-0.1, -0.05) is 19.9 Å². The summed E-state index contributed by atoms with van der Waals surface area (Å²) in [6.45, 7) is 6.22. The number of hydrogen-bond acceptors (Lipinski definition) is 2. The summed E-state index contributed by atoms with van der Waals surface area (Å²) in [6, 6.07) is 8.51. The number of nitrogens with one attached hydrogen (secondary N) is 1. The molecule has 0 aliphatic carbocycles. The molecule has 5 heteroatoms. The molecule has 2 heterocycles. The highest BCUT2D eigenvalue weighted by Gasteiger charge is 2.22. The number of aromatic nitrogens is 1. The van der Waals surface area contributed by atoms with Gasteiger partial charge in [0, 0.05) is 49.9 Å². The van der Waals surface area contributed by atoms with Gasteiger partial charge in [0.05, 0.1) is 6.54 Å². The summed E-state index contributed by atoms with van der Waals surface area (Å²) in [5, 5.41) is 5.64. The predicted molar refractivity (Wildman–Crippen MR) is 95.6 cm³/mol. The van der Waals surface area contributed by atoms with Crippen LogP contribution in [-0.2, 0) is 19.0 Å². The topological polar surface area (TPSA) is 32.6 Å². The van der Waals surface area contributed by atoms with Crippen LogP contribution in [0.2, 0.25) is 0 Å². The highest BCUT2D eigenvalue weighted by Crippen LogP contribution is 2.26. The number of thiophene rings is 1. The lowest BCUT2D eigenvalue weighted by atomic mass is 9.91. The molecule has 0 saturated heterocycles. The number of aryl methyl sites for hydroxylation is 1. The van der Waals surface area contributed by atoms with Crippen molar-refractivity contribution in [2.24, 2.45) is 12.0 Å². The Morgan fingerprint density at radius 3 is 2.68 bits per heavy atom. The Labute approximate surface area is 137 Å². The fourth-order valence-electron chi connectivity index (χ4n) is 2.41. The standard InChI is InChI=1S/C17H26N4S/c1-17(2,15-9-7-11-22-15)13-19-16(18-3)21(5)12-14-8-6-10-20(14)4/h6-11H,12-13H2,1-5H3,(H,18,19). The Balaban J connectivity index is 1.96. The smallest absolute Gasteiger partial charge is 0.193 e. The molecule has 0 saturated carbocycles. The maximum atomic E-state index is 4.41. The van der Waals surface area contributed by atoms with Crippen molar-refractivity contribution in [3.05, 3.63) is 46.4 Å². The largest absolute Gasteiger partial charge is 0.355 e. The second-order valence-corrected chi connectivity index (χ2v) is 7.18. The van der Waals surface area contributed by atoms with E-state index in [2.05, 4.69) is 83.6 Å². The van der Waals surface area contributed by atoms with Crippen LogP contribution in [0.3, 0.4) is 0 Å². The summed E-state index contributed by atoms with van der Waals surface area (Å²) in [4.78, 5) is 7.95. The van der Waals surface area contributed by atoms with Crippen molar-refractivity contribution in [3.63, 3.8) is 0 Å². The molecule has 0 bridgehead atoms. The number of aliphatic imine (C=N–C) groups is 1. The van der Waals surface area contributed by atoms with E-state index < -0.39 is 0 Å². The molecule has 120 valence electrons. The van der Waals surface area contributed by atoms with Crippen molar-refractivity contribution in [2.45, 2.75) is 25.8 Å². The van der Waals surface area contributed by atoms with E-state index in [1.807, 2.05) is 7.05 Å². The van der Waals surface area contributed by atoms with E-state index in [0.717, 1.165) is 19.0 Å². The fraction of sp³-hybridized carbons (Fsp3) is 0.471. The molecular weight excluding hydrogens is 292 g/mol. The summed E-state index contributed by atoms with van der Waals surface area (Å²) in [7, 11) is 5.97. The highest BCUT2D eigenvalue weighted by molar-refractivity contribution is 7.10. The number of nitrogens with zero attached hydrogens (tertiary/aromatic N) is 3. The van der Waals surface area contributed by atoms with E-state index in [4.69, 9.17) is 0 Å². The van der Waals surface area contributed by atoms with Gasteiger partial charge in [0.25, 0.3) is 0 Å². The van der Waals surface area contributed by atoms with Crippen LogP contribution in [0.1, 0.15) is 24.4 Å². The molecule has 0 aliphatic rings. The van der Waals surface area contributed by atoms with E-state index in [9.17, 15) is 0 Å². The van der Waals surface area contributed by atoms with Gasteiger partial charge in [0.2, 0.25) is 0 Å². The van der Waals surface area contributed by atoms with Gasteiger partial charge in [-0.15, -0.1) is 11.3 Å². The van der Waals surface area contributed by atoms with E-state index in [0.29, 0.717) is 0 Å². The zero-order chi connectivity index (χ0) is 16.2. The van der Waals surface area contributed by atoms with Crippen molar-refractivity contribution >= 4 is 17.3 Å². The first-order chi connectivity index (χ1) is 10.4. The molecule has 0 amide bonds. The van der Waals surface area contributed by atoms with Crippen molar-refractivity contribution < 1.29 is 0 Å². The van der Waals surface area contributed by atoms with Crippen LogP contribution in [0.5, 0.6) is 0 Å². The Hall–Kier alpha value is -1.75. The van der Waals surface area contributed by atoms with Crippen molar-refractivity contribution in [2.75, 3.05) is 20.6 Å². The monoisotopic (exact) mass is 318 g/mol. The van der Waals surface area contributed by atoms with E-state index in [1.165, 1.54) is 10.6 Å². The van der Waals surface area contributed by atoms with Gasteiger partial charge < -0.3 is 14.8 Å². The average Bonchev–Trinajstić information content (AvgIpc) is 3.12. The van der Waals surface area contributed by atoms with Crippen molar-refractivity contribution in [1.82, 2.24) is 14.8 Å². The second kappa shape index (κ2) is 7.01. The maximum Gasteiger partial charge on any atom is 0.193 e. The quantitative estimate of drug-likeness (QED) is 0.679. The minimum absolute atomic E-state index is 0.0932. The Bertz CT molecular complexity index is 610. The van der Waals surface area contributed by atoms with Crippen LogP contribution in [-0.4, -0.2) is 36.1 Å². The first kappa shape index (κ1) is 16.6. The average molecular weight is 318 g/mol. The zero-order valence-corrected chi connectivity index (χ0v) is 14.9. The summed E-state index contributed by atoms with van der Waals surface area (Å²) in [5.41, 5.74) is 1.36. The SMILES string of the molecule is CN=C(NCC(C)(C)c1cccs1)N(C)Cc1cccn1C. The van der Waals surface area contributed by atoms with Crippen LogP contribution >= 0.6 is 11.3 Å². The molecule has 0 radical (unpaired) electrons. The normalized spacial score (nSPS) is 12.5. The molecule has 0 fully saturated rings. The lowest BCUT2D eigenvalue weighted by molar-refractivity contribution is 0.442. The Morgan fingerprint density at radius 2 is 2.14 bits per heavy atom. The minimum atomic E-state index is 0.0932. The Morgan fingerprint density at radius 1 is 1.36 bits per heavy atom. The highest BCUT2D eigenvalue weighted by atomic mass is 32.1. The first-order valence-corrected chi connectivity index (χ1v) is 8.38. The van der Waals surface area contributed by atoms with Gasteiger partial charge in [-0.3, -0.25) is 4.99 Å². The summed E-state index contributed by atoms with van der Waals surface area (Å²) in [5.74, 6) is 0.922. The maximum absolute atomic E-state index is 4.41. The molecule has 0 unspecified atom stereocenters. The van der Waals surface area contributed by atoms with Gasteiger partial charge in [-0.2, -0.15) is 0 Å². The lowest BCUT2D eigenvalue weighted by Crippen LogP contribution is -2.44. The van der Waals surface area contributed by atoms with Gasteiger partial charge >= 0.3 is 0 Å². The molecule has 1 N–H and O–H groups in total. The molecule has 0 spiro atoms. The molecular formula is C17H26N4S. The molecule has 2 aromatic rings. The summed E-state index contributed by atoms with van der Waals surface area (Å²) < 4.78 is 2.14. The molecule has 2 aromatic heterocycles. The van der Waals surface area contributed by atoms with Crippen molar-refractivity contribution in [3.8, 4) is 0 Å². The van der Waals surface area contributed by atoms with Gasteiger partial charge in [0.1, 0.15) is 0 Å². The van der Waals surface area contributed by atoms with Crippen LogP contribution in [0.15, 0.2) is 40.8 Å². The number of guanidine groups is 1. The molecule has 4 nitrogen and oxygen atoms in total. The number of hydrogen-bond donors (Lipinski definition) is 1. The third-order valence-corrected chi connectivity index (χ3v) is 5.14. The van der Waals surface area contributed by atoms with Gasteiger partial charge in [-0.05, 0) is 23.6 Å². The molecule has 0 aromatic carbocycles. The minimum Gasteiger partial charge on any atom is -0.355 e. The zero-order valence-electron chi connectivity index (χ0n) is 14.1. The van der Waals surface area contributed by atoms with Crippen LogP contribution in [0, 0.1) is 0 Å². The molecule has 22 heavy (non-hydrogen) atoms. The molecule has 2 rings (SSSR count). The first-order valence-electron chi connectivity index (χ1n) is 7.50. The predicted octanol–water partition coefficient (Wildman–Crippen LogP) is 3.07.